The Morgan fingerprint density at radius 1 is 1.40 bits per heavy atom. The molecule has 1 aromatic carbocycles. The van der Waals surface area contributed by atoms with Gasteiger partial charge in [-0.3, -0.25) is 0 Å². The zero-order valence-corrected chi connectivity index (χ0v) is 12.7. The molecule has 1 heterocycles. The monoisotopic (exact) mass is 291 g/mol. The fourth-order valence-electron chi connectivity index (χ4n) is 2.82. The standard InChI is InChI=1S/C16H18FNOS/c1-9-5-4-6-10(13(9)17)15-18-11-7-16(2,3)8-12(19)14(11)20-15/h4-6,12,19H,7-8H2,1-3H3. The van der Waals surface area contributed by atoms with Crippen molar-refractivity contribution in [2.24, 2.45) is 5.41 Å². The van der Waals surface area contributed by atoms with Gasteiger partial charge in [0.15, 0.2) is 0 Å². The molecule has 1 aromatic heterocycles. The molecule has 106 valence electrons. The number of fused-ring (bicyclic) bond motifs is 1. The molecule has 0 bridgehead atoms. The summed E-state index contributed by atoms with van der Waals surface area (Å²) in [5.74, 6) is -0.215. The molecule has 3 rings (SSSR count). The molecular weight excluding hydrogens is 273 g/mol. The number of hydrogen-bond donors (Lipinski definition) is 1. The summed E-state index contributed by atoms with van der Waals surface area (Å²) in [7, 11) is 0. The van der Waals surface area contributed by atoms with Gasteiger partial charge in [-0.15, -0.1) is 11.3 Å². The number of hydrogen-bond acceptors (Lipinski definition) is 3. The highest BCUT2D eigenvalue weighted by molar-refractivity contribution is 7.15. The van der Waals surface area contributed by atoms with Crippen molar-refractivity contribution in [3.63, 3.8) is 0 Å². The van der Waals surface area contributed by atoms with Crippen molar-refractivity contribution in [2.75, 3.05) is 0 Å². The zero-order chi connectivity index (χ0) is 14.5. The van der Waals surface area contributed by atoms with Crippen LogP contribution >= 0.6 is 11.3 Å². The third kappa shape index (κ3) is 2.27. The summed E-state index contributed by atoms with van der Waals surface area (Å²) in [5.41, 5.74) is 2.13. The molecule has 0 saturated heterocycles. The normalized spacial score (nSPS) is 20.8. The van der Waals surface area contributed by atoms with E-state index in [9.17, 15) is 9.50 Å². The molecular formula is C16H18FNOS. The third-order valence-corrected chi connectivity index (χ3v) is 5.08. The molecule has 0 fully saturated rings. The Kier molecular flexibility index (Phi) is 3.18. The summed E-state index contributed by atoms with van der Waals surface area (Å²) >= 11 is 1.42. The summed E-state index contributed by atoms with van der Waals surface area (Å²) < 4.78 is 14.2. The Hall–Kier alpha value is -1.26. The molecule has 2 nitrogen and oxygen atoms in total. The number of benzene rings is 1. The van der Waals surface area contributed by atoms with E-state index < -0.39 is 6.10 Å². The van der Waals surface area contributed by atoms with Crippen molar-refractivity contribution in [3.05, 3.63) is 40.2 Å². The number of thiazole rings is 1. The summed E-state index contributed by atoms with van der Waals surface area (Å²) in [4.78, 5) is 5.49. The van der Waals surface area contributed by atoms with Crippen LogP contribution in [0.25, 0.3) is 10.6 Å². The lowest BCUT2D eigenvalue weighted by atomic mass is 9.77. The van der Waals surface area contributed by atoms with Crippen LogP contribution < -0.4 is 0 Å². The van der Waals surface area contributed by atoms with Gasteiger partial charge >= 0.3 is 0 Å². The molecule has 0 amide bonds. The second kappa shape index (κ2) is 4.64. The van der Waals surface area contributed by atoms with Crippen molar-refractivity contribution < 1.29 is 9.50 Å². The number of aryl methyl sites for hydroxylation is 1. The molecule has 0 radical (unpaired) electrons. The Labute approximate surface area is 122 Å². The molecule has 1 aliphatic rings. The smallest absolute Gasteiger partial charge is 0.136 e. The van der Waals surface area contributed by atoms with Gasteiger partial charge in [-0.05, 0) is 36.8 Å². The van der Waals surface area contributed by atoms with E-state index in [-0.39, 0.29) is 11.2 Å². The Balaban J connectivity index is 2.08. The predicted octanol–water partition coefficient (Wildman–Crippen LogP) is 4.26. The van der Waals surface area contributed by atoms with Crippen LogP contribution in [0.4, 0.5) is 4.39 Å². The first-order valence-electron chi connectivity index (χ1n) is 6.80. The maximum Gasteiger partial charge on any atom is 0.136 e. The number of aliphatic hydroxyl groups is 1. The first-order valence-corrected chi connectivity index (χ1v) is 7.62. The second-order valence-electron chi connectivity index (χ2n) is 6.33. The van der Waals surface area contributed by atoms with E-state index in [0.717, 1.165) is 23.4 Å². The van der Waals surface area contributed by atoms with Crippen LogP contribution in [0.1, 0.15) is 42.5 Å². The lowest BCUT2D eigenvalue weighted by Gasteiger charge is -2.31. The predicted molar refractivity (Wildman–Crippen MR) is 79.3 cm³/mol. The fraction of sp³-hybridized carbons (Fsp3) is 0.438. The lowest BCUT2D eigenvalue weighted by Crippen LogP contribution is -2.24. The summed E-state index contributed by atoms with van der Waals surface area (Å²) in [6.07, 6.45) is 1.09. The Morgan fingerprint density at radius 3 is 2.90 bits per heavy atom. The van der Waals surface area contributed by atoms with Crippen LogP contribution in [-0.4, -0.2) is 10.1 Å². The molecule has 1 aliphatic carbocycles. The molecule has 0 saturated carbocycles. The van der Waals surface area contributed by atoms with Crippen LogP contribution in [0.3, 0.4) is 0 Å². The number of aromatic nitrogens is 1. The van der Waals surface area contributed by atoms with Crippen molar-refractivity contribution in [1.82, 2.24) is 4.98 Å². The largest absolute Gasteiger partial charge is 0.387 e. The van der Waals surface area contributed by atoms with E-state index in [2.05, 4.69) is 18.8 Å². The summed E-state index contributed by atoms with van der Waals surface area (Å²) in [6.45, 7) is 6.02. The molecule has 1 N–H and O–H groups in total. The average molecular weight is 291 g/mol. The molecule has 20 heavy (non-hydrogen) atoms. The van der Waals surface area contributed by atoms with E-state index in [1.807, 2.05) is 6.07 Å². The highest BCUT2D eigenvalue weighted by atomic mass is 32.1. The van der Waals surface area contributed by atoms with Crippen molar-refractivity contribution in [2.45, 2.75) is 39.7 Å². The maximum atomic E-state index is 14.2. The minimum Gasteiger partial charge on any atom is -0.387 e. The topological polar surface area (TPSA) is 33.1 Å². The van der Waals surface area contributed by atoms with E-state index in [0.29, 0.717) is 16.1 Å². The second-order valence-corrected chi connectivity index (χ2v) is 7.36. The van der Waals surface area contributed by atoms with Crippen LogP contribution in [0, 0.1) is 18.2 Å². The van der Waals surface area contributed by atoms with Gasteiger partial charge in [0.05, 0.1) is 16.7 Å². The van der Waals surface area contributed by atoms with Crippen molar-refractivity contribution in [1.29, 1.82) is 0 Å². The lowest BCUT2D eigenvalue weighted by molar-refractivity contribution is 0.102. The highest BCUT2D eigenvalue weighted by Gasteiger charge is 2.34. The maximum absolute atomic E-state index is 14.2. The SMILES string of the molecule is Cc1cccc(-c2nc3c(s2)C(O)CC(C)(C)C3)c1F. The first-order chi connectivity index (χ1) is 9.37. The fourth-order valence-corrected chi connectivity index (χ4v) is 3.91. The zero-order valence-electron chi connectivity index (χ0n) is 11.9. The Morgan fingerprint density at radius 2 is 2.15 bits per heavy atom. The van der Waals surface area contributed by atoms with E-state index in [1.165, 1.54) is 11.3 Å². The summed E-state index contributed by atoms with van der Waals surface area (Å²) in [5, 5.41) is 10.9. The highest BCUT2D eigenvalue weighted by Crippen LogP contribution is 2.45. The quantitative estimate of drug-likeness (QED) is 0.851. The van der Waals surface area contributed by atoms with Crippen molar-refractivity contribution in [3.8, 4) is 10.6 Å². The molecule has 1 unspecified atom stereocenters. The van der Waals surface area contributed by atoms with E-state index in [1.54, 1.807) is 19.1 Å². The number of aliphatic hydroxyl groups excluding tert-OH is 1. The molecule has 0 spiro atoms. The third-order valence-electron chi connectivity index (χ3n) is 3.84. The number of nitrogens with zero attached hydrogens (tertiary/aromatic N) is 1. The van der Waals surface area contributed by atoms with E-state index in [4.69, 9.17) is 0 Å². The van der Waals surface area contributed by atoms with Gasteiger partial charge in [-0.25, -0.2) is 9.37 Å². The number of rotatable bonds is 1. The van der Waals surface area contributed by atoms with Crippen LogP contribution in [-0.2, 0) is 6.42 Å². The molecule has 2 aromatic rings. The van der Waals surface area contributed by atoms with Crippen LogP contribution in [0.15, 0.2) is 18.2 Å². The van der Waals surface area contributed by atoms with Gasteiger partial charge in [0.2, 0.25) is 0 Å². The minimum atomic E-state index is -0.479. The van der Waals surface area contributed by atoms with Gasteiger partial charge < -0.3 is 5.11 Å². The number of halogens is 1. The van der Waals surface area contributed by atoms with Crippen LogP contribution in [0.2, 0.25) is 0 Å². The van der Waals surface area contributed by atoms with Gasteiger partial charge in [0, 0.05) is 5.56 Å². The van der Waals surface area contributed by atoms with Crippen molar-refractivity contribution >= 4 is 11.3 Å². The minimum absolute atomic E-state index is 0.0446. The first kappa shape index (κ1) is 13.7. The van der Waals surface area contributed by atoms with Gasteiger partial charge in [-0.2, -0.15) is 0 Å². The molecule has 1 atom stereocenters. The average Bonchev–Trinajstić information content (AvgIpc) is 2.75. The summed E-state index contributed by atoms with van der Waals surface area (Å²) in [6, 6.07) is 5.35. The van der Waals surface area contributed by atoms with Gasteiger partial charge in [0.1, 0.15) is 10.8 Å². The van der Waals surface area contributed by atoms with E-state index >= 15 is 0 Å². The van der Waals surface area contributed by atoms with Gasteiger partial charge in [0.25, 0.3) is 0 Å². The van der Waals surface area contributed by atoms with Crippen LogP contribution in [0.5, 0.6) is 0 Å². The Bertz CT molecular complexity index is 662. The molecule has 4 heteroatoms. The molecule has 0 aliphatic heterocycles. The van der Waals surface area contributed by atoms with Gasteiger partial charge in [-0.1, -0.05) is 26.0 Å².